The van der Waals surface area contributed by atoms with Gasteiger partial charge in [-0.05, 0) is 30.2 Å². The first kappa shape index (κ1) is 13.1. The van der Waals surface area contributed by atoms with E-state index < -0.39 is 6.04 Å². The molecule has 0 radical (unpaired) electrons. The highest BCUT2D eigenvalue weighted by atomic mass is 16.2. The molecule has 1 heterocycles. The molecule has 1 aliphatic heterocycles. The molecule has 0 aromatic heterocycles. The van der Waals surface area contributed by atoms with E-state index in [-0.39, 0.29) is 18.2 Å². The number of benzene rings is 1. The number of carbonyl (C=O) groups excluding carboxylic acids is 2. The van der Waals surface area contributed by atoms with Crippen LogP contribution in [0, 0.1) is 12.3 Å². The lowest BCUT2D eigenvalue weighted by Gasteiger charge is -2.18. The van der Waals surface area contributed by atoms with Crippen molar-refractivity contribution in [2.45, 2.75) is 25.3 Å². The van der Waals surface area contributed by atoms with Gasteiger partial charge in [0.1, 0.15) is 0 Å². The normalized spacial score (nSPS) is 14.8. The Labute approximate surface area is 111 Å². The molecule has 5 nitrogen and oxygen atoms in total. The Morgan fingerprint density at radius 2 is 2.32 bits per heavy atom. The Hall–Kier alpha value is -2.32. The Kier molecular flexibility index (Phi) is 3.83. The van der Waals surface area contributed by atoms with Gasteiger partial charge in [-0.1, -0.05) is 0 Å². The molecule has 0 saturated heterocycles. The molecular weight excluding hydrogens is 242 g/mol. The minimum absolute atomic E-state index is 0.0142. The van der Waals surface area contributed by atoms with Gasteiger partial charge in [-0.3, -0.25) is 9.59 Å². The van der Waals surface area contributed by atoms with Gasteiger partial charge < -0.3 is 16.4 Å². The number of nitrogens with one attached hydrogen (secondary N) is 2. The third kappa shape index (κ3) is 3.12. The SMILES string of the molecule is C#CCC(N)C(=O)Nc1ccc2c(c1)CCC(=O)N2. The summed E-state index contributed by atoms with van der Waals surface area (Å²) in [7, 11) is 0. The average Bonchev–Trinajstić information content (AvgIpc) is 2.39. The largest absolute Gasteiger partial charge is 0.326 e. The average molecular weight is 257 g/mol. The molecule has 2 amide bonds. The molecule has 4 N–H and O–H groups in total. The van der Waals surface area contributed by atoms with E-state index >= 15 is 0 Å². The lowest BCUT2D eigenvalue weighted by molar-refractivity contribution is -0.117. The highest BCUT2D eigenvalue weighted by molar-refractivity contribution is 5.97. The van der Waals surface area contributed by atoms with E-state index in [2.05, 4.69) is 16.6 Å². The smallest absolute Gasteiger partial charge is 0.242 e. The minimum atomic E-state index is -0.708. The molecule has 1 aromatic rings. The van der Waals surface area contributed by atoms with Crippen molar-refractivity contribution in [3.05, 3.63) is 23.8 Å². The summed E-state index contributed by atoms with van der Waals surface area (Å²) in [5, 5.41) is 5.50. The zero-order chi connectivity index (χ0) is 13.8. The van der Waals surface area contributed by atoms with E-state index in [0.717, 1.165) is 11.3 Å². The molecule has 0 aliphatic carbocycles. The Balaban J connectivity index is 2.09. The standard InChI is InChI=1S/C14H15N3O2/c1-2-3-11(15)14(19)16-10-5-6-12-9(8-10)4-7-13(18)17-12/h1,5-6,8,11H,3-4,7,15H2,(H,16,19)(H,17,18). The van der Waals surface area contributed by atoms with Crippen LogP contribution in [0.3, 0.4) is 0 Å². The van der Waals surface area contributed by atoms with E-state index in [4.69, 9.17) is 12.2 Å². The molecule has 0 spiro atoms. The van der Waals surface area contributed by atoms with Crippen molar-refractivity contribution < 1.29 is 9.59 Å². The van der Waals surface area contributed by atoms with Gasteiger partial charge in [0, 0.05) is 24.2 Å². The number of hydrogen-bond acceptors (Lipinski definition) is 3. The molecule has 98 valence electrons. The quantitative estimate of drug-likeness (QED) is 0.702. The summed E-state index contributed by atoms with van der Waals surface area (Å²) in [6.45, 7) is 0. The van der Waals surface area contributed by atoms with Gasteiger partial charge in [-0.2, -0.15) is 0 Å². The highest BCUT2D eigenvalue weighted by Crippen LogP contribution is 2.25. The van der Waals surface area contributed by atoms with Crippen LogP contribution in [-0.2, 0) is 16.0 Å². The van der Waals surface area contributed by atoms with Crippen molar-refractivity contribution in [1.29, 1.82) is 0 Å². The molecule has 1 aromatic carbocycles. The molecule has 0 saturated carbocycles. The van der Waals surface area contributed by atoms with Gasteiger partial charge in [-0.15, -0.1) is 12.3 Å². The van der Waals surface area contributed by atoms with Crippen molar-refractivity contribution in [1.82, 2.24) is 0 Å². The zero-order valence-electron chi connectivity index (χ0n) is 10.4. The highest BCUT2D eigenvalue weighted by Gasteiger charge is 2.16. The maximum absolute atomic E-state index is 11.7. The second-order valence-corrected chi connectivity index (χ2v) is 4.42. The zero-order valence-corrected chi connectivity index (χ0v) is 10.4. The first-order valence-electron chi connectivity index (χ1n) is 6.03. The molecule has 0 fully saturated rings. The van der Waals surface area contributed by atoms with Crippen LogP contribution in [0.2, 0.25) is 0 Å². The predicted molar refractivity (Wildman–Crippen MR) is 73.4 cm³/mol. The fourth-order valence-electron chi connectivity index (χ4n) is 1.92. The van der Waals surface area contributed by atoms with Gasteiger partial charge in [-0.25, -0.2) is 0 Å². The second kappa shape index (κ2) is 5.55. The van der Waals surface area contributed by atoms with Gasteiger partial charge >= 0.3 is 0 Å². The number of terminal acetylenes is 1. The predicted octanol–water partition coefficient (Wildman–Crippen LogP) is 0.860. The Morgan fingerprint density at radius 1 is 1.53 bits per heavy atom. The van der Waals surface area contributed by atoms with E-state index in [1.165, 1.54) is 0 Å². The van der Waals surface area contributed by atoms with Gasteiger partial charge in [0.25, 0.3) is 0 Å². The van der Waals surface area contributed by atoms with Crippen molar-refractivity contribution in [3.8, 4) is 12.3 Å². The summed E-state index contributed by atoms with van der Waals surface area (Å²) in [5.74, 6) is 2.06. The molecule has 1 unspecified atom stereocenters. The van der Waals surface area contributed by atoms with E-state index in [0.29, 0.717) is 18.5 Å². The summed E-state index contributed by atoms with van der Waals surface area (Å²) in [5.41, 5.74) is 8.08. The number of carbonyl (C=O) groups is 2. The maximum atomic E-state index is 11.7. The number of hydrogen-bond donors (Lipinski definition) is 3. The monoisotopic (exact) mass is 257 g/mol. The third-order valence-corrected chi connectivity index (χ3v) is 2.94. The first-order chi connectivity index (χ1) is 9.10. The van der Waals surface area contributed by atoms with Crippen molar-refractivity contribution in [3.63, 3.8) is 0 Å². The van der Waals surface area contributed by atoms with E-state index in [1.807, 2.05) is 6.07 Å². The number of anilines is 2. The molecule has 19 heavy (non-hydrogen) atoms. The van der Waals surface area contributed by atoms with Crippen LogP contribution in [0.25, 0.3) is 0 Å². The fourth-order valence-corrected chi connectivity index (χ4v) is 1.92. The summed E-state index contributed by atoms with van der Waals surface area (Å²) in [6.07, 6.45) is 6.44. The van der Waals surface area contributed by atoms with Gasteiger partial charge in [0.15, 0.2) is 0 Å². The number of amides is 2. The maximum Gasteiger partial charge on any atom is 0.242 e. The second-order valence-electron chi connectivity index (χ2n) is 4.42. The van der Waals surface area contributed by atoms with E-state index in [9.17, 15) is 9.59 Å². The van der Waals surface area contributed by atoms with Gasteiger partial charge in [0.05, 0.1) is 6.04 Å². The van der Waals surface area contributed by atoms with Crippen LogP contribution >= 0.6 is 0 Å². The summed E-state index contributed by atoms with van der Waals surface area (Å²) in [6, 6.07) is 4.63. The molecule has 0 bridgehead atoms. The molecule has 5 heteroatoms. The number of nitrogens with two attached hydrogens (primary N) is 1. The van der Waals surface area contributed by atoms with Gasteiger partial charge in [0.2, 0.25) is 11.8 Å². The van der Waals surface area contributed by atoms with Crippen LogP contribution in [0.1, 0.15) is 18.4 Å². The van der Waals surface area contributed by atoms with Crippen LogP contribution in [-0.4, -0.2) is 17.9 Å². The molecular formula is C14H15N3O2. The van der Waals surface area contributed by atoms with Crippen LogP contribution < -0.4 is 16.4 Å². The van der Waals surface area contributed by atoms with Crippen molar-refractivity contribution in [2.24, 2.45) is 5.73 Å². The lowest BCUT2D eigenvalue weighted by atomic mass is 10.0. The summed E-state index contributed by atoms with van der Waals surface area (Å²) in [4.78, 5) is 23.0. The number of aryl methyl sites for hydroxylation is 1. The Bertz CT molecular complexity index is 560. The third-order valence-electron chi connectivity index (χ3n) is 2.94. The Morgan fingerprint density at radius 3 is 3.05 bits per heavy atom. The topological polar surface area (TPSA) is 84.2 Å². The fraction of sp³-hybridized carbons (Fsp3) is 0.286. The molecule has 1 aliphatic rings. The summed E-state index contributed by atoms with van der Waals surface area (Å²) >= 11 is 0. The van der Waals surface area contributed by atoms with Crippen molar-refractivity contribution in [2.75, 3.05) is 10.6 Å². The minimum Gasteiger partial charge on any atom is -0.326 e. The molecule has 1 atom stereocenters. The van der Waals surface area contributed by atoms with Crippen LogP contribution in [0.5, 0.6) is 0 Å². The number of rotatable bonds is 3. The van der Waals surface area contributed by atoms with E-state index in [1.54, 1.807) is 12.1 Å². The lowest BCUT2D eigenvalue weighted by Crippen LogP contribution is -2.35. The summed E-state index contributed by atoms with van der Waals surface area (Å²) < 4.78 is 0. The first-order valence-corrected chi connectivity index (χ1v) is 6.03. The van der Waals surface area contributed by atoms with Crippen LogP contribution in [0.15, 0.2) is 18.2 Å². The molecule has 2 rings (SSSR count). The van der Waals surface area contributed by atoms with Crippen molar-refractivity contribution >= 4 is 23.2 Å². The number of fused-ring (bicyclic) bond motifs is 1. The van der Waals surface area contributed by atoms with Crippen LogP contribution in [0.4, 0.5) is 11.4 Å².